The number of rotatable bonds is 3. The van der Waals surface area contributed by atoms with Crippen LogP contribution in [0.2, 0.25) is 0 Å². The first-order chi connectivity index (χ1) is 11.1. The third-order valence-electron chi connectivity index (χ3n) is 7.16. The van der Waals surface area contributed by atoms with E-state index in [2.05, 4.69) is 32.0 Å². The molecule has 2 saturated carbocycles. The van der Waals surface area contributed by atoms with E-state index >= 15 is 0 Å². The average Bonchev–Trinajstić information content (AvgIpc) is 2.89. The number of hydrogen-bond acceptors (Lipinski definition) is 2. The van der Waals surface area contributed by atoms with Crippen LogP contribution < -0.4 is 0 Å². The van der Waals surface area contributed by atoms with Crippen LogP contribution in [0.5, 0.6) is 0 Å². The lowest BCUT2D eigenvalue weighted by Crippen LogP contribution is -2.44. The summed E-state index contributed by atoms with van der Waals surface area (Å²) in [5.41, 5.74) is 4.91. The molecule has 0 saturated heterocycles. The van der Waals surface area contributed by atoms with Gasteiger partial charge in [0.25, 0.3) is 0 Å². The van der Waals surface area contributed by atoms with Crippen LogP contribution in [0.3, 0.4) is 0 Å². The van der Waals surface area contributed by atoms with Crippen LogP contribution in [0.1, 0.15) is 61.6 Å². The van der Waals surface area contributed by atoms with Crippen molar-refractivity contribution in [2.75, 3.05) is 6.61 Å². The molecule has 2 fully saturated rings. The normalized spacial score (nSPS) is 38.5. The van der Waals surface area contributed by atoms with Gasteiger partial charge in [0.05, 0.1) is 6.10 Å². The molecule has 0 heterocycles. The van der Waals surface area contributed by atoms with Crippen LogP contribution in [0.15, 0.2) is 18.2 Å². The van der Waals surface area contributed by atoms with Gasteiger partial charge in [0, 0.05) is 0 Å². The molecule has 1 aromatic rings. The van der Waals surface area contributed by atoms with Gasteiger partial charge in [-0.1, -0.05) is 30.7 Å². The molecule has 0 radical (unpaired) electrons. The van der Waals surface area contributed by atoms with E-state index in [0.717, 1.165) is 30.5 Å². The van der Waals surface area contributed by atoms with Crippen molar-refractivity contribution in [2.24, 2.45) is 17.3 Å². The zero-order valence-electron chi connectivity index (χ0n) is 14.4. The Morgan fingerprint density at radius 3 is 2.96 bits per heavy atom. The van der Waals surface area contributed by atoms with Crippen molar-refractivity contribution in [3.8, 4) is 0 Å². The summed E-state index contributed by atoms with van der Waals surface area (Å²) in [6.45, 7) is 4.90. The first-order valence-electron chi connectivity index (χ1n) is 9.28. The number of aryl methyl sites for hydroxylation is 2. The molecule has 0 aromatic heterocycles. The lowest BCUT2D eigenvalue weighted by atomic mass is 9.55. The quantitative estimate of drug-likeness (QED) is 0.772. The van der Waals surface area contributed by atoms with E-state index in [-0.39, 0.29) is 18.1 Å². The van der Waals surface area contributed by atoms with Crippen molar-refractivity contribution in [3.63, 3.8) is 0 Å². The van der Waals surface area contributed by atoms with Gasteiger partial charge in [0.1, 0.15) is 12.9 Å². The Bertz CT molecular complexity index is 608. The predicted octanol–water partition coefficient (Wildman–Crippen LogP) is 4.44. The Hall–Kier alpha value is -1.15. The summed E-state index contributed by atoms with van der Waals surface area (Å²) in [6, 6.07) is 7.10. The van der Waals surface area contributed by atoms with Gasteiger partial charge >= 0.3 is 0 Å². The average molecular weight is 312 g/mol. The standard InChI is InChI=1S/C21H28O2/c1-14-3-5-16-15(13-14)4-6-18-17(16)9-10-21(2)19(18)7-8-20(21)23-12-11-22/h3,5,11,13,17-20H,4,6-10,12H2,1-2H3/t17?,18?,19?,20-,21-/m0/s1. The van der Waals surface area contributed by atoms with Gasteiger partial charge in [0.2, 0.25) is 0 Å². The summed E-state index contributed by atoms with van der Waals surface area (Å²) >= 11 is 0. The van der Waals surface area contributed by atoms with Crippen LogP contribution in [0.4, 0.5) is 0 Å². The molecule has 5 atom stereocenters. The highest BCUT2D eigenvalue weighted by molar-refractivity contribution is 5.50. The number of fused-ring (bicyclic) bond motifs is 5. The molecular formula is C21H28O2. The van der Waals surface area contributed by atoms with Crippen molar-refractivity contribution < 1.29 is 9.53 Å². The summed E-state index contributed by atoms with van der Waals surface area (Å²) in [4.78, 5) is 10.7. The van der Waals surface area contributed by atoms with Crippen molar-refractivity contribution in [2.45, 2.75) is 64.4 Å². The molecule has 2 heteroatoms. The zero-order valence-corrected chi connectivity index (χ0v) is 14.4. The molecular weight excluding hydrogens is 284 g/mol. The first kappa shape index (κ1) is 15.4. The molecule has 3 aliphatic rings. The van der Waals surface area contributed by atoms with E-state index in [1.807, 2.05) is 0 Å². The molecule has 1 aromatic carbocycles. The van der Waals surface area contributed by atoms with E-state index in [1.54, 1.807) is 11.1 Å². The topological polar surface area (TPSA) is 26.3 Å². The fourth-order valence-corrected chi connectivity index (χ4v) is 6.09. The number of ether oxygens (including phenoxy) is 1. The maximum atomic E-state index is 10.7. The zero-order chi connectivity index (χ0) is 16.0. The van der Waals surface area contributed by atoms with Gasteiger partial charge in [-0.05, 0) is 79.7 Å². The smallest absolute Gasteiger partial charge is 0.145 e. The van der Waals surface area contributed by atoms with E-state index in [9.17, 15) is 4.79 Å². The van der Waals surface area contributed by atoms with E-state index in [0.29, 0.717) is 0 Å². The van der Waals surface area contributed by atoms with Gasteiger partial charge < -0.3 is 9.53 Å². The fourth-order valence-electron chi connectivity index (χ4n) is 6.09. The van der Waals surface area contributed by atoms with Crippen molar-refractivity contribution in [3.05, 3.63) is 34.9 Å². The van der Waals surface area contributed by atoms with E-state index in [4.69, 9.17) is 4.74 Å². The molecule has 23 heavy (non-hydrogen) atoms. The SMILES string of the molecule is Cc1ccc2c(c1)CCC1C2CC[C@@]2(C)C1CC[C@@H]2OCC=O. The maximum absolute atomic E-state index is 10.7. The lowest BCUT2D eigenvalue weighted by Gasteiger charge is -2.50. The third-order valence-corrected chi connectivity index (χ3v) is 7.16. The number of carbonyl (C=O) groups excluding carboxylic acids is 1. The van der Waals surface area contributed by atoms with Gasteiger partial charge in [0.15, 0.2) is 0 Å². The highest BCUT2D eigenvalue weighted by Gasteiger charge is 2.55. The Morgan fingerprint density at radius 2 is 2.13 bits per heavy atom. The number of carbonyl (C=O) groups is 1. The first-order valence-corrected chi connectivity index (χ1v) is 9.28. The molecule has 0 amide bonds. The number of aldehydes is 1. The molecule has 3 unspecified atom stereocenters. The molecule has 124 valence electrons. The Kier molecular flexibility index (Phi) is 3.84. The minimum atomic E-state index is 0.267. The predicted molar refractivity (Wildman–Crippen MR) is 91.6 cm³/mol. The monoisotopic (exact) mass is 312 g/mol. The highest BCUT2D eigenvalue weighted by Crippen LogP contribution is 2.61. The van der Waals surface area contributed by atoms with Crippen LogP contribution in [0.25, 0.3) is 0 Å². The largest absolute Gasteiger partial charge is 0.370 e. The Balaban J connectivity index is 1.61. The van der Waals surface area contributed by atoms with Gasteiger partial charge in [-0.2, -0.15) is 0 Å². The molecule has 2 nitrogen and oxygen atoms in total. The molecule has 0 spiro atoms. The second kappa shape index (κ2) is 5.73. The number of hydrogen-bond donors (Lipinski definition) is 0. The minimum absolute atomic E-state index is 0.267. The summed E-state index contributed by atoms with van der Waals surface area (Å²) in [7, 11) is 0. The van der Waals surface area contributed by atoms with Crippen LogP contribution in [-0.2, 0) is 16.0 Å². The van der Waals surface area contributed by atoms with Gasteiger partial charge in [-0.15, -0.1) is 0 Å². The summed E-state index contributed by atoms with van der Waals surface area (Å²) in [5.74, 6) is 2.34. The van der Waals surface area contributed by atoms with Gasteiger partial charge in [-0.25, -0.2) is 0 Å². The molecule has 4 rings (SSSR count). The maximum Gasteiger partial charge on any atom is 0.145 e. The summed E-state index contributed by atoms with van der Waals surface area (Å²) in [5, 5.41) is 0. The van der Waals surface area contributed by atoms with Crippen LogP contribution >= 0.6 is 0 Å². The van der Waals surface area contributed by atoms with Crippen LogP contribution in [-0.4, -0.2) is 19.0 Å². The van der Waals surface area contributed by atoms with E-state index in [1.165, 1.54) is 37.7 Å². The molecule has 0 N–H and O–H groups in total. The molecule has 0 aliphatic heterocycles. The van der Waals surface area contributed by atoms with Gasteiger partial charge in [-0.3, -0.25) is 0 Å². The fraction of sp³-hybridized carbons (Fsp3) is 0.667. The van der Waals surface area contributed by atoms with Crippen molar-refractivity contribution in [1.29, 1.82) is 0 Å². The highest BCUT2D eigenvalue weighted by atomic mass is 16.5. The Labute approximate surface area is 139 Å². The van der Waals surface area contributed by atoms with Crippen molar-refractivity contribution in [1.82, 2.24) is 0 Å². The lowest BCUT2D eigenvalue weighted by molar-refractivity contribution is -0.118. The molecule has 0 bridgehead atoms. The minimum Gasteiger partial charge on any atom is -0.370 e. The second-order valence-corrected chi connectivity index (χ2v) is 8.23. The summed E-state index contributed by atoms with van der Waals surface area (Å²) < 4.78 is 5.92. The van der Waals surface area contributed by atoms with E-state index < -0.39 is 0 Å². The Morgan fingerprint density at radius 1 is 1.26 bits per heavy atom. The summed E-state index contributed by atoms with van der Waals surface area (Å²) in [6.07, 6.45) is 8.72. The second-order valence-electron chi connectivity index (χ2n) is 8.23. The molecule has 3 aliphatic carbocycles. The van der Waals surface area contributed by atoms with Crippen molar-refractivity contribution >= 4 is 6.29 Å². The number of benzene rings is 1. The van der Waals surface area contributed by atoms with Crippen LogP contribution in [0, 0.1) is 24.2 Å². The third kappa shape index (κ3) is 2.38.